The molecule has 1 rings (SSSR count). The molecule has 0 aliphatic rings. The van der Waals surface area contributed by atoms with Crippen LogP contribution in [-0.2, 0) is 17.4 Å². The number of carboxylic acid groups (broad SMARTS) is 1. The molecule has 21 heavy (non-hydrogen) atoms. The smallest absolute Gasteiger partial charge is 0.433 e. The van der Waals surface area contributed by atoms with E-state index in [4.69, 9.17) is 5.11 Å². The van der Waals surface area contributed by atoms with Gasteiger partial charge in [-0.05, 0) is 12.1 Å². The molecule has 0 saturated heterocycles. The Morgan fingerprint density at radius 2 is 1.86 bits per heavy atom. The number of carbonyl (C=O) groups excluding carboxylic acids is 1. The number of hydrogen-bond donors (Lipinski definition) is 3. The molecular weight excluding hydrogens is 291 g/mol. The van der Waals surface area contributed by atoms with Crippen LogP contribution in [0, 0.1) is 0 Å². The third-order valence-corrected chi connectivity index (χ3v) is 2.39. The Kier molecular flexibility index (Phi) is 5.94. The van der Waals surface area contributed by atoms with Gasteiger partial charge in [-0.25, -0.2) is 9.78 Å². The van der Waals surface area contributed by atoms with Crippen molar-refractivity contribution >= 4 is 12.0 Å². The van der Waals surface area contributed by atoms with Gasteiger partial charge in [-0.15, -0.1) is 0 Å². The summed E-state index contributed by atoms with van der Waals surface area (Å²) in [7, 11) is 0. The van der Waals surface area contributed by atoms with Crippen molar-refractivity contribution in [1.29, 1.82) is 0 Å². The number of aromatic nitrogens is 1. The molecule has 0 aliphatic heterocycles. The summed E-state index contributed by atoms with van der Waals surface area (Å²) in [5.41, 5.74) is -0.776. The fourth-order valence-corrected chi connectivity index (χ4v) is 1.43. The molecular formula is C12H14F3N3O3. The maximum absolute atomic E-state index is 12.4. The van der Waals surface area contributed by atoms with Crippen molar-refractivity contribution in [3.8, 4) is 0 Å². The number of carbonyl (C=O) groups is 2. The molecule has 0 fully saturated rings. The van der Waals surface area contributed by atoms with E-state index in [-0.39, 0.29) is 31.6 Å². The summed E-state index contributed by atoms with van der Waals surface area (Å²) < 4.78 is 37.3. The molecule has 1 heterocycles. The van der Waals surface area contributed by atoms with Crippen LogP contribution in [0.4, 0.5) is 18.0 Å². The Bertz CT molecular complexity index is 506. The second-order valence-corrected chi connectivity index (χ2v) is 4.09. The van der Waals surface area contributed by atoms with Gasteiger partial charge in [-0.2, -0.15) is 13.2 Å². The molecule has 2 amide bonds. The molecule has 116 valence electrons. The highest BCUT2D eigenvalue weighted by atomic mass is 19.4. The minimum absolute atomic E-state index is 0.0248. The number of hydrogen-bond acceptors (Lipinski definition) is 3. The maximum atomic E-state index is 12.4. The van der Waals surface area contributed by atoms with Crippen molar-refractivity contribution in [3.63, 3.8) is 0 Å². The zero-order valence-corrected chi connectivity index (χ0v) is 10.9. The van der Waals surface area contributed by atoms with Gasteiger partial charge in [0, 0.05) is 25.2 Å². The molecule has 0 aliphatic carbocycles. The minimum Gasteiger partial charge on any atom is -0.481 e. The third kappa shape index (κ3) is 6.59. The second kappa shape index (κ2) is 7.46. The fraction of sp³-hybridized carbons (Fsp3) is 0.417. The number of rotatable bonds is 6. The van der Waals surface area contributed by atoms with E-state index in [0.29, 0.717) is 0 Å². The molecule has 1 aromatic heterocycles. The lowest BCUT2D eigenvalue weighted by Crippen LogP contribution is -2.37. The average molecular weight is 305 g/mol. The Morgan fingerprint density at radius 3 is 2.48 bits per heavy atom. The van der Waals surface area contributed by atoms with Crippen LogP contribution in [-0.4, -0.2) is 35.2 Å². The van der Waals surface area contributed by atoms with Crippen molar-refractivity contribution in [3.05, 3.63) is 29.6 Å². The van der Waals surface area contributed by atoms with E-state index in [1.165, 1.54) is 12.1 Å². The Balaban J connectivity index is 2.36. The SMILES string of the molecule is O=C(O)CCNC(=O)NCCc1cccc(C(F)(F)F)n1. The molecule has 9 heteroatoms. The van der Waals surface area contributed by atoms with Crippen LogP contribution in [0.25, 0.3) is 0 Å². The molecule has 1 aromatic rings. The van der Waals surface area contributed by atoms with Crippen molar-refractivity contribution in [2.45, 2.75) is 19.0 Å². The van der Waals surface area contributed by atoms with Crippen molar-refractivity contribution < 1.29 is 27.9 Å². The number of urea groups is 1. The summed E-state index contributed by atoms with van der Waals surface area (Å²) in [5, 5.41) is 13.1. The first-order valence-electron chi connectivity index (χ1n) is 6.05. The summed E-state index contributed by atoms with van der Waals surface area (Å²) in [4.78, 5) is 24.9. The standard InChI is InChI=1S/C12H14F3N3O3/c13-12(14,15)9-3-1-2-8(18-9)4-6-16-11(21)17-7-5-10(19)20/h1-3H,4-7H2,(H,19,20)(H2,16,17,21). The number of nitrogens with one attached hydrogen (secondary N) is 2. The molecule has 6 nitrogen and oxygen atoms in total. The van der Waals surface area contributed by atoms with E-state index >= 15 is 0 Å². The zero-order chi connectivity index (χ0) is 15.9. The maximum Gasteiger partial charge on any atom is 0.433 e. The normalized spacial score (nSPS) is 11.0. The highest BCUT2D eigenvalue weighted by Crippen LogP contribution is 2.27. The number of aliphatic carboxylic acids is 1. The average Bonchev–Trinajstić information content (AvgIpc) is 2.37. The molecule has 0 bridgehead atoms. The lowest BCUT2D eigenvalue weighted by molar-refractivity contribution is -0.141. The lowest BCUT2D eigenvalue weighted by Gasteiger charge is -2.09. The predicted molar refractivity (Wildman–Crippen MR) is 66.6 cm³/mol. The third-order valence-electron chi connectivity index (χ3n) is 2.39. The van der Waals surface area contributed by atoms with Crippen molar-refractivity contribution in [1.82, 2.24) is 15.6 Å². The summed E-state index contributed by atoms with van der Waals surface area (Å²) >= 11 is 0. The van der Waals surface area contributed by atoms with Crippen LogP contribution < -0.4 is 10.6 Å². The van der Waals surface area contributed by atoms with Crippen LogP contribution in [0.1, 0.15) is 17.8 Å². The number of alkyl halides is 3. The van der Waals surface area contributed by atoms with E-state index in [1.807, 2.05) is 0 Å². The van der Waals surface area contributed by atoms with E-state index in [2.05, 4.69) is 15.6 Å². The Labute approximate surface area is 118 Å². The zero-order valence-electron chi connectivity index (χ0n) is 10.9. The number of pyridine rings is 1. The monoisotopic (exact) mass is 305 g/mol. The van der Waals surface area contributed by atoms with Gasteiger partial charge in [0.15, 0.2) is 0 Å². The van der Waals surface area contributed by atoms with Gasteiger partial charge in [0.25, 0.3) is 0 Å². The number of amides is 2. The number of carboxylic acids is 1. The van der Waals surface area contributed by atoms with Crippen LogP contribution in [0.2, 0.25) is 0 Å². The first-order chi connectivity index (χ1) is 9.79. The summed E-state index contributed by atoms with van der Waals surface area (Å²) in [6.07, 6.45) is -4.57. The van der Waals surface area contributed by atoms with Gasteiger partial charge >= 0.3 is 18.2 Å². The molecule has 0 atom stereocenters. The van der Waals surface area contributed by atoms with Crippen LogP contribution in [0.5, 0.6) is 0 Å². The van der Waals surface area contributed by atoms with Gasteiger partial charge in [0.1, 0.15) is 5.69 Å². The van der Waals surface area contributed by atoms with Gasteiger partial charge in [-0.3, -0.25) is 4.79 Å². The minimum atomic E-state index is -4.50. The second-order valence-electron chi connectivity index (χ2n) is 4.09. The molecule has 0 saturated carbocycles. The predicted octanol–water partition coefficient (Wildman–Crippen LogP) is 1.42. The first-order valence-corrected chi connectivity index (χ1v) is 6.05. The Hall–Kier alpha value is -2.32. The molecule has 0 aromatic carbocycles. The first kappa shape index (κ1) is 16.7. The topological polar surface area (TPSA) is 91.3 Å². The molecule has 0 spiro atoms. The number of halogens is 3. The van der Waals surface area contributed by atoms with Crippen molar-refractivity contribution in [2.24, 2.45) is 0 Å². The van der Waals surface area contributed by atoms with E-state index in [9.17, 15) is 22.8 Å². The van der Waals surface area contributed by atoms with E-state index < -0.39 is 23.9 Å². The highest BCUT2D eigenvalue weighted by molar-refractivity contribution is 5.74. The van der Waals surface area contributed by atoms with Crippen LogP contribution in [0.15, 0.2) is 18.2 Å². The summed E-state index contributed by atoms with van der Waals surface area (Å²) in [6, 6.07) is 2.97. The summed E-state index contributed by atoms with van der Waals surface area (Å²) in [6.45, 7) is 0.0657. The van der Waals surface area contributed by atoms with Crippen LogP contribution >= 0.6 is 0 Å². The summed E-state index contributed by atoms with van der Waals surface area (Å²) in [5.74, 6) is -1.04. The molecule has 0 radical (unpaired) electrons. The van der Waals surface area contributed by atoms with E-state index in [1.54, 1.807) is 0 Å². The van der Waals surface area contributed by atoms with Gasteiger partial charge < -0.3 is 15.7 Å². The van der Waals surface area contributed by atoms with Crippen molar-refractivity contribution in [2.75, 3.05) is 13.1 Å². The largest absolute Gasteiger partial charge is 0.481 e. The van der Waals surface area contributed by atoms with E-state index in [0.717, 1.165) is 6.07 Å². The quantitative estimate of drug-likeness (QED) is 0.741. The lowest BCUT2D eigenvalue weighted by atomic mass is 10.2. The van der Waals surface area contributed by atoms with Gasteiger partial charge in [0.05, 0.1) is 6.42 Å². The fourth-order valence-electron chi connectivity index (χ4n) is 1.43. The molecule has 3 N–H and O–H groups in total. The van der Waals surface area contributed by atoms with Gasteiger partial charge in [0.2, 0.25) is 0 Å². The van der Waals surface area contributed by atoms with Gasteiger partial charge in [-0.1, -0.05) is 6.07 Å². The Morgan fingerprint density at radius 1 is 1.19 bits per heavy atom. The van der Waals surface area contributed by atoms with Crippen LogP contribution in [0.3, 0.4) is 0 Å². The highest BCUT2D eigenvalue weighted by Gasteiger charge is 2.32. The number of nitrogens with zero attached hydrogens (tertiary/aromatic N) is 1. The molecule has 0 unspecified atom stereocenters.